The maximum atomic E-state index is 11.6. The van der Waals surface area contributed by atoms with Gasteiger partial charge in [0, 0.05) is 18.5 Å². The Kier molecular flexibility index (Phi) is 5.43. The van der Waals surface area contributed by atoms with Crippen molar-refractivity contribution in [1.82, 2.24) is 4.90 Å². The lowest BCUT2D eigenvalue weighted by molar-refractivity contribution is -0.157. The van der Waals surface area contributed by atoms with E-state index in [0.29, 0.717) is 5.75 Å². The lowest BCUT2D eigenvalue weighted by atomic mass is 10.2. The first-order chi connectivity index (χ1) is 11.2. The van der Waals surface area contributed by atoms with Crippen LogP contribution in [-0.2, 0) is 19.1 Å². The molecule has 0 aromatic heterocycles. The second kappa shape index (κ2) is 7.33. The van der Waals surface area contributed by atoms with Gasteiger partial charge in [-0.3, -0.25) is 14.5 Å². The molecule has 1 saturated heterocycles. The van der Waals surface area contributed by atoms with Gasteiger partial charge in [-0.2, -0.15) is 0 Å². The average Bonchev–Trinajstić information content (AvgIpc) is 2.81. The van der Waals surface area contributed by atoms with Gasteiger partial charge < -0.3 is 14.8 Å². The number of esters is 1. The fourth-order valence-electron chi connectivity index (χ4n) is 2.15. The van der Waals surface area contributed by atoms with Gasteiger partial charge in [0.15, 0.2) is 6.61 Å². The summed E-state index contributed by atoms with van der Waals surface area (Å²) in [5, 5.41) is 3.01. The Morgan fingerprint density at radius 1 is 1.12 bits per heavy atom. The zero-order valence-electron chi connectivity index (χ0n) is 14.1. The van der Waals surface area contributed by atoms with Crippen LogP contribution in [0.25, 0.3) is 0 Å². The number of likely N-dealkylation sites (tertiary alicyclic amines) is 1. The van der Waals surface area contributed by atoms with Gasteiger partial charge in [-0.1, -0.05) is 0 Å². The first-order valence-corrected chi connectivity index (χ1v) is 7.76. The Morgan fingerprint density at radius 2 is 1.71 bits per heavy atom. The number of amides is 2. The van der Waals surface area contributed by atoms with Crippen molar-refractivity contribution in [1.29, 1.82) is 0 Å². The van der Waals surface area contributed by atoms with Gasteiger partial charge in [-0.05, 0) is 45.0 Å². The SMILES string of the molecule is CC(C)(C)OC(=O)COc1ccc(NCN2C(=O)CCC2=O)cc1. The third-order valence-corrected chi connectivity index (χ3v) is 3.23. The topological polar surface area (TPSA) is 84.9 Å². The molecule has 2 amide bonds. The molecular formula is C17H22N2O5. The standard InChI is InChI=1S/C17H22N2O5/c1-17(2,3)24-16(22)10-23-13-6-4-12(5-7-13)18-11-19-14(20)8-9-15(19)21/h4-7,18H,8-11H2,1-3H3. The highest BCUT2D eigenvalue weighted by atomic mass is 16.6. The number of anilines is 1. The first-order valence-electron chi connectivity index (χ1n) is 7.76. The maximum Gasteiger partial charge on any atom is 0.344 e. The molecule has 0 atom stereocenters. The molecule has 1 heterocycles. The summed E-state index contributed by atoms with van der Waals surface area (Å²) >= 11 is 0. The largest absolute Gasteiger partial charge is 0.482 e. The van der Waals surface area contributed by atoms with E-state index in [1.165, 1.54) is 4.90 Å². The van der Waals surface area contributed by atoms with Gasteiger partial charge in [-0.25, -0.2) is 4.79 Å². The van der Waals surface area contributed by atoms with Crippen molar-refractivity contribution in [3.05, 3.63) is 24.3 Å². The van der Waals surface area contributed by atoms with Gasteiger partial charge in [-0.15, -0.1) is 0 Å². The highest BCUT2D eigenvalue weighted by molar-refractivity contribution is 6.02. The molecule has 24 heavy (non-hydrogen) atoms. The summed E-state index contributed by atoms with van der Waals surface area (Å²) in [5.41, 5.74) is 0.200. The van der Waals surface area contributed by atoms with E-state index in [4.69, 9.17) is 9.47 Å². The molecule has 7 heteroatoms. The number of rotatable bonds is 6. The van der Waals surface area contributed by atoms with E-state index in [0.717, 1.165) is 5.69 Å². The average molecular weight is 334 g/mol. The van der Waals surface area contributed by atoms with Crippen molar-refractivity contribution in [3.8, 4) is 5.75 Å². The van der Waals surface area contributed by atoms with E-state index in [1.807, 2.05) is 0 Å². The minimum Gasteiger partial charge on any atom is -0.482 e. The molecule has 0 spiro atoms. The Labute approximate surface area is 140 Å². The zero-order chi connectivity index (χ0) is 17.7. The fraction of sp³-hybridized carbons (Fsp3) is 0.471. The predicted octanol–water partition coefficient (Wildman–Crippen LogP) is 1.93. The number of nitrogens with zero attached hydrogens (tertiary/aromatic N) is 1. The highest BCUT2D eigenvalue weighted by Gasteiger charge is 2.28. The lowest BCUT2D eigenvalue weighted by Gasteiger charge is -2.19. The molecule has 0 bridgehead atoms. The van der Waals surface area contributed by atoms with Gasteiger partial charge in [0.25, 0.3) is 0 Å². The molecule has 130 valence electrons. The van der Waals surface area contributed by atoms with E-state index in [2.05, 4.69) is 5.32 Å². The Balaban J connectivity index is 1.79. The van der Waals surface area contributed by atoms with Crippen molar-refractivity contribution in [2.24, 2.45) is 0 Å². The fourth-order valence-corrected chi connectivity index (χ4v) is 2.15. The summed E-state index contributed by atoms with van der Waals surface area (Å²) in [6.45, 7) is 5.36. The summed E-state index contributed by atoms with van der Waals surface area (Å²) < 4.78 is 10.5. The number of imide groups is 1. The van der Waals surface area contributed by atoms with Crippen LogP contribution in [0, 0.1) is 0 Å². The van der Waals surface area contributed by atoms with Crippen LogP contribution >= 0.6 is 0 Å². The number of carbonyl (C=O) groups excluding carboxylic acids is 3. The monoisotopic (exact) mass is 334 g/mol. The molecule has 1 N–H and O–H groups in total. The van der Waals surface area contributed by atoms with Crippen LogP contribution in [0.15, 0.2) is 24.3 Å². The van der Waals surface area contributed by atoms with Crippen LogP contribution in [0.3, 0.4) is 0 Å². The van der Waals surface area contributed by atoms with E-state index in [-0.39, 0.29) is 37.9 Å². The number of nitrogens with one attached hydrogen (secondary N) is 1. The number of carbonyl (C=O) groups is 3. The second-order valence-electron chi connectivity index (χ2n) is 6.45. The van der Waals surface area contributed by atoms with Crippen molar-refractivity contribution < 1.29 is 23.9 Å². The molecule has 0 radical (unpaired) electrons. The number of benzene rings is 1. The molecule has 1 aliphatic heterocycles. The molecule has 0 unspecified atom stereocenters. The zero-order valence-corrected chi connectivity index (χ0v) is 14.1. The summed E-state index contributed by atoms with van der Waals surface area (Å²) in [4.78, 5) is 35.8. The van der Waals surface area contributed by atoms with Crippen LogP contribution in [0.2, 0.25) is 0 Å². The third kappa shape index (κ3) is 5.26. The summed E-state index contributed by atoms with van der Waals surface area (Å²) in [6, 6.07) is 6.88. The minimum atomic E-state index is -0.543. The molecule has 1 aliphatic rings. The van der Waals surface area contributed by atoms with Crippen molar-refractivity contribution in [2.75, 3.05) is 18.6 Å². The normalized spacial score (nSPS) is 14.7. The molecule has 7 nitrogen and oxygen atoms in total. The molecule has 2 rings (SSSR count). The molecule has 0 saturated carbocycles. The van der Waals surface area contributed by atoms with Crippen LogP contribution < -0.4 is 10.1 Å². The first kappa shape index (κ1) is 17.8. The molecule has 1 aromatic rings. The third-order valence-electron chi connectivity index (χ3n) is 3.23. The van der Waals surface area contributed by atoms with Crippen LogP contribution in [-0.4, -0.2) is 41.6 Å². The van der Waals surface area contributed by atoms with Crippen LogP contribution in [0.5, 0.6) is 5.75 Å². The Hall–Kier alpha value is -2.57. The second-order valence-corrected chi connectivity index (χ2v) is 6.45. The molecule has 1 fully saturated rings. The minimum absolute atomic E-state index is 0.149. The van der Waals surface area contributed by atoms with Gasteiger partial charge in [0.1, 0.15) is 11.4 Å². The highest BCUT2D eigenvalue weighted by Crippen LogP contribution is 2.17. The Bertz CT molecular complexity index is 603. The number of ether oxygens (including phenoxy) is 2. The predicted molar refractivity (Wildman–Crippen MR) is 87.4 cm³/mol. The van der Waals surface area contributed by atoms with Gasteiger partial charge in [0.2, 0.25) is 11.8 Å². The maximum absolute atomic E-state index is 11.6. The quantitative estimate of drug-likeness (QED) is 0.632. The molecule has 0 aliphatic carbocycles. The summed E-state index contributed by atoms with van der Waals surface area (Å²) in [5.74, 6) is -0.231. The van der Waals surface area contributed by atoms with Crippen molar-refractivity contribution in [3.63, 3.8) is 0 Å². The molecular weight excluding hydrogens is 312 g/mol. The summed E-state index contributed by atoms with van der Waals surface area (Å²) in [6.07, 6.45) is 0.552. The smallest absolute Gasteiger partial charge is 0.344 e. The van der Waals surface area contributed by atoms with Crippen molar-refractivity contribution >= 4 is 23.5 Å². The van der Waals surface area contributed by atoms with Crippen LogP contribution in [0.4, 0.5) is 5.69 Å². The van der Waals surface area contributed by atoms with Gasteiger partial charge in [0.05, 0.1) is 6.67 Å². The van der Waals surface area contributed by atoms with E-state index in [9.17, 15) is 14.4 Å². The van der Waals surface area contributed by atoms with E-state index >= 15 is 0 Å². The van der Waals surface area contributed by atoms with Crippen molar-refractivity contribution in [2.45, 2.75) is 39.2 Å². The lowest BCUT2D eigenvalue weighted by Crippen LogP contribution is -2.33. The summed E-state index contributed by atoms with van der Waals surface area (Å²) in [7, 11) is 0. The van der Waals surface area contributed by atoms with Crippen LogP contribution in [0.1, 0.15) is 33.6 Å². The molecule has 1 aromatic carbocycles. The van der Waals surface area contributed by atoms with E-state index < -0.39 is 11.6 Å². The number of hydrogen-bond donors (Lipinski definition) is 1. The Morgan fingerprint density at radius 3 is 2.25 bits per heavy atom. The van der Waals surface area contributed by atoms with E-state index in [1.54, 1.807) is 45.0 Å². The van der Waals surface area contributed by atoms with Gasteiger partial charge >= 0.3 is 5.97 Å². The number of hydrogen-bond acceptors (Lipinski definition) is 6.